The molecule has 2 saturated heterocycles. The van der Waals surface area contributed by atoms with Crippen molar-refractivity contribution in [1.29, 1.82) is 0 Å². The predicted molar refractivity (Wildman–Crippen MR) is 62.6 cm³/mol. The van der Waals surface area contributed by atoms with Gasteiger partial charge in [0.25, 0.3) is 0 Å². The molecule has 0 aromatic carbocycles. The number of nitrogens with zero attached hydrogens (tertiary/aromatic N) is 1. The van der Waals surface area contributed by atoms with Crippen molar-refractivity contribution in [3.8, 4) is 0 Å². The second-order valence-electron chi connectivity index (χ2n) is 4.91. The van der Waals surface area contributed by atoms with Crippen molar-refractivity contribution >= 4 is 5.91 Å². The number of amides is 1. The minimum absolute atomic E-state index is 0.0189. The van der Waals surface area contributed by atoms with Crippen LogP contribution in [0.5, 0.6) is 0 Å². The maximum absolute atomic E-state index is 13.1. The Kier molecular flexibility index (Phi) is 4.74. The first-order valence-electron chi connectivity index (χ1n) is 6.49. The number of nitrogens with one attached hydrogen (secondary N) is 1. The molecule has 1 amide bonds. The van der Waals surface area contributed by atoms with E-state index in [-0.39, 0.29) is 12.0 Å². The van der Waals surface area contributed by atoms with E-state index in [1.165, 1.54) is 0 Å². The summed E-state index contributed by atoms with van der Waals surface area (Å²) in [6.45, 7) is 2.93. The van der Waals surface area contributed by atoms with E-state index in [4.69, 9.17) is 4.74 Å². The Morgan fingerprint density at radius 3 is 3.00 bits per heavy atom. The monoisotopic (exact) mass is 244 g/mol. The quantitative estimate of drug-likeness (QED) is 0.792. The maximum atomic E-state index is 13.1. The van der Waals surface area contributed by atoms with E-state index in [9.17, 15) is 9.18 Å². The second-order valence-corrected chi connectivity index (χ2v) is 4.91. The van der Waals surface area contributed by atoms with Crippen molar-refractivity contribution in [3.63, 3.8) is 0 Å². The van der Waals surface area contributed by atoms with Crippen LogP contribution in [0.25, 0.3) is 0 Å². The van der Waals surface area contributed by atoms with Crippen LogP contribution in [0.15, 0.2) is 0 Å². The van der Waals surface area contributed by atoms with Gasteiger partial charge in [-0.15, -0.1) is 0 Å². The number of hydrogen-bond acceptors (Lipinski definition) is 3. The van der Waals surface area contributed by atoms with Crippen molar-refractivity contribution in [2.45, 2.75) is 38.0 Å². The van der Waals surface area contributed by atoms with Crippen LogP contribution >= 0.6 is 0 Å². The number of carbonyl (C=O) groups excluding carboxylic acids is 1. The number of rotatable bonds is 4. The molecule has 0 bridgehead atoms. The molecule has 0 aromatic heterocycles. The summed E-state index contributed by atoms with van der Waals surface area (Å²) in [6.07, 6.45) is 2.99. The molecule has 5 heteroatoms. The molecule has 0 aromatic rings. The van der Waals surface area contributed by atoms with E-state index in [1.807, 2.05) is 4.90 Å². The van der Waals surface area contributed by atoms with Crippen LogP contribution in [0.2, 0.25) is 0 Å². The van der Waals surface area contributed by atoms with Crippen LogP contribution in [-0.4, -0.2) is 55.9 Å². The number of halogens is 1. The molecule has 2 aliphatic heterocycles. The van der Waals surface area contributed by atoms with Crippen LogP contribution in [0.3, 0.4) is 0 Å². The first kappa shape index (κ1) is 12.8. The van der Waals surface area contributed by atoms with Gasteiger partial charge in [0.1, 0.15) is 6.17 Å². The summed E-state index contributed by atoms with van der Waals surface area (Å²) in [7, 11) is 0. The highest BCUT2D eigenvalue weighted by Crippen LogP contribution is 2.12. The second kappa shape index (κ2) is 6.31. The third-order valence-electron chi connectivity index (χ3n) is 3.37. The third-order valence-corrected chi connectivity index (χ3v) is 3.37. The van der Waals surface area contributed by atoms with E-state index in [1.54, 1.807) is 0 Å². The van der Waals surface area contributed by atoms with Crippen LogP contribution < -0.4 is 5.32 Å². The molecule has 2 aliphatic rings. The van der Waals surface area contributed by atoms with Gasteiger partial charge in [-0.05, 0) is 32.2 Å². The summed E-state index contributed by atoms with van der Waals surface area (Å²) in [5, 5.41) is 2.86. The molecule has 0 radical (unpaired) electrons. The van der Waals surface area contributed by atoms with Gasteiger partial charge in [-0.1, -0.05) is 0 Å². The summed E-state index contributed by atoms with van der Waals surface area (Å²) < 4.78 is 18.5. The lowest BCUT2D eigenvalue weighted by molar-refractivity contribution is -0.123. The van der Waals surface area contributed by atoms with Crippen molar-refractivity contribution in [2.24, 2.45) is 0 Å². The van der Waals surface area contributed by atoms with Crippen LogP contribution in [-0.2, 0) is 9.53 Å². The summed E-state index contributed by atoms with van der Waals surface area (Å²) >= 11 is 0. The minimum atomic E-state index is -0.769. The number of likely N-dealkylation sites (tertiary alicyclic amines) is 1. The van der Waals surface area contributed by atoms with Crippen molar-refractivity contribution in [2.75, 3.05) is 32.8 Å². The van der Waals surface area contributed by atoms with E-state index >= 15 is 0 Å². The number of carbonyl (C=O) groups is 1. The van der Waals surface area contributed by atoms with Gasteiger partial charge in [0.15, 0.2) is 0 Å². The zero-order valence-electron chi connectivity index (χ0n) is 10.2. The molecule has 2 unspecified atom stereocenters. The van der Waals surface area contributed by atoms with Gasteiger partial charge >= 0.3 is 0 Å². The smallest absolute Gasteiger partial charge is 0.234 e. The van der Waals surface area contributed by atoms with E-state index < -0.39 is 6.17 Å². The minimum Gasteiger partial charge on any atom is -0.376 e. The Balaban J connectivity index is 1.62. The molecular weight excluding hydrogens is 223 g/mol. The SMILES string of the molecule is O=C(CN1CCCC(F)C1)NCC1CCCO1. The van der Waals surface area contributed by atoms with Gasteiger partial charge in [0, 0.05) is 19.7 Å². The highest BCUT2D eigenvalue weighted by molar-refractivity contribution is 5.78. The Morgan fingerprint density at radius 1 is 1.41 bits per heavy atom. The lowest BCUT2D eigenvalue weighted by Gasteiger charge is -2.28. The van der Waals surface area contributed by atoms with Gasteiger partial charge in [0.05, 0.1) is 12.6 Å². The number of alkyl halides is 1. The molecule has 0 spiro atoms. The molecule has 2 atom stereocenters. The molecule has 17 heavy (non-hydrogen) atoms. The highest BCUT2D eigenvalue weighted by Gasteiger charge is 2.21. The lowest BCUT2D eigenvalue weighted by atomic mass is 10.1. The lowest BCUT2D eigenvalue weighted by Crippen LogP contribution is -2.44. The molecule has 4 nitrogen and oxygen atoms in total. The Bertz CT molecular complexity index is 257. The van der Waals surface area contributed by atoms with Crippen molar-refractivity contribution < 1.29 is 13.9 Å². The summed E-state index contributed by atoms with van der Waals surface area (Å²) in [5.74, 6) is -0.0189. The van der Waals surface area contributed by atoms with Gasteiger partial charge < -0.3 is 10.1 Å². The molecule has 2 fully saturated rings. The first-order valence-corrected chi connectivity index (χ1v) is 6.49. The molecular formula is C12H21FN2O2. The zero-order chi connectivity index (χ0) is 12.1. The highest BCUT2D eigenvalue weighted by atomic mass is 19.1. The topological polar surface area (TPSA) is 41.6 Å². The fourth-order valence-corrected chi connectivity index (χ4v) is 2.43. The zero-order valence-corrected chi connectivity index (χ0v) is 10.2. The average Bonchev–Trinajstić information content (AvgIpc) is 2.79. The standard InChI is InChI=1S/C12H21FN2O2/c13-10-3-1-5-15(8-10)9-12(16)14-7-11-4-2-6-17-11/h10-11H,1-9H2,(H,14,16). The van der Waals surface area contributed by atoms with E-state index in [0.29, 0.717) is 26.1 Å². The fourth-order valence-electron chi connectivity index (χ4n) is 2.43. The largest absolute Gasteiger partial charge is 0.376 e. The molecule has 2 heterocycles. The first-order chi connectivity index (χ1) is 8.24. The fraction of sp³-hybridized carbons (Fsp3) is 0.917. The van der Waals surface area contributed by atoms with Gasteiger partial charge in [-0.3, -0.25) is 9.69 Å². The molecule has 0 saturated carbocycles. The third kappa shape index (κ3) is 4.24. The average molecular weight is 244 g/mol. The summed E-state index contributed by atoms with van der Waals surface area (Å²) in [5.41, 5.74) is 0. The Morgan fingerprint density at radius 2 is 2.29 bits per heavy atom. The molecule has 1 N–H and O–H groups in total. The van der Waals surface area contributed by atoms with Crippen molar-refractivity contribution in [3.05, 3.63) is 0 Å². The molecule has 0 aliphatic carbocycles. The van der Waals surface area contributed by atoms with Gasteiger partial charge in [0.2, 0.25) is 5.91 Å². The normalized spacial score (nSPS) is 30.4. The maximum Gasteiger partial charge on any atom is 0.234 e. The van der Waals surface area contributed by atoms with Gasteiger partial charge in [-0.25, -0.2) is 4.39 Å². The number of piperidine rings is 1. The van der Waals surface area contributed by atoms with Crippen LogP contribution in [0.1, 0.15) is 25.7 Å². The summed E-state index contributed by atoms with van der Waals surface area (Å²) in [4.78, 5) is 13.5. The van der Waals surface area contributed by atoms with E-state index in [2.05, 4.69) is 5.32 Å². The van der Waals surface area contributed by atoms with Crippen LogP contribution in [0, 0.1) is 0 Å². The Labute approximate surface area is 101 Å². The predicted octanol–water partition coefficient (Wildman–Crippen LogP) is 0.716. The Hall–Kier alpha value is -0.680. The molecule has 2 rings (SSSR count). The molecule has 98 valence electrons. The van der Waals surface area contributed by atoms with Gasteiger partial charge in [-0.2, -0.15) is 0 Å². The number of hydrogen-bond donors (Lipinski definition) is 1. The number of ether oxygens (including phenoxy) is 1. The summed E-state index contributed by atoms with van der Waals surface area (Å²) in [6, 6.07) is 0. The van der Waals surface area contributed by atoms with Crippen molar-refractivity contribution in [1.82, 2.24) is 10.2 Å². The van der Waals surface area contributed by atoms with Crippen LogP contribution in [0.4, 0.5) is 4.39 Å². The van der Waals surface area contributed by atoms with E-state index in [0.717, 1.165) is 32.4 Å².